The van der Waals surface area contributed by atoms with Crippen molar-refractivity contribution in [2.45, 2.75) is 18.6 Å². The number of pyridine rings is 1. The number of amides is 1. The Balaban J connectivity index is 2.87. The van der Waals surface area contributed by atoms with E-state index in [1.165, 1.54) is 18.3 Å². The van der Waals surface area contributed by atoms with Gasteiger partial charge in [-0.15, -0.1) is 0 Å². The third-order valence-electron chi connectivity index (χ3n) is 2.04. The molecule has 8 heteroatoms. The Labute approximate surface area is 100.0 Å². The predicted octanol–water partition coefficient (Wildman–Crippen LogP) is 1.95. The average Bonchev–Trinajstić information content (AvgIpc) is 2.15. The molecular formula is C9H9ClF3N3O. The SMILES string of the molecule is CC(N)(C(=O)Nc1ccnc(Cl)c1)C(F)(F)F. The highest BCUT2D eigenvalue weighted by Crippen LogP contribution is 2.29. The van der Waals surface area contributed by atoms with Crippen LogP contribution in [-0.4, -0.2) is 22.6 Å². The number of nitrogens with zero attached hydrogens (tertiary/aromatic N) is 1. The van der Waals surface area contributed by atoms with Crippen LogP contribution in [0, 0.1) is 0 Å². The molecule has 17 heavy (non-hydrogen) atoms. The average molecular weight is 268 g/mol. The Morgan fingerprint density at radius 2 is 2.12 bits per heavy atom. The molecule has 0 saturated carbocycles. The first-order chi connectivity index (χ1) is 7.64. The number of rotatable bonds is 2. The molecule has 1 unspecified atom stereocenters. The Morgan fingerprint density at radius 3 is 2.59 bits per heavy atom. The van der Waals surface area contributed by atoms with Gasteiger partial charge in [-0.1, -0.05) is 11.6 Å². The van der Waals surface area contributed by atoms with Crippen LogP contribution in [0.2, 0.25) is 5.15 Å². The molecule has 0 aliphatic heterocycles. The lowest BCUT2D eigenvalue weighted by Crippen LogP contribution is -2.59. The summed E-state index contributed by atoms with van der Waals surface area (Å²) in [6, 6.07) is 2.52. The maximum Gasteiger partial charge on any atom is 0.415 e. The zero-order valence-electron chi connectivity index (χ0n) is 8.68. The molecule has 0 bridgehead atoms. The molecule has 1 rings (SSSR count). The van der Waals surface area contributed by atoms with Gasteiger partial charge in [0.2, 0.25) is 0 Å². The van der Waals surface area contributed by atoms with Crippen LogP contribution in [0.3, 0.4) is 0 Å². The van der Waals surface area contributed by atoms with Crippen LogP contribution >= 0.6 is 11.6 Å². The summed E-state index contributed by atoms with van der Waals surface area (Å²) in [6.07, 6.45) is -3.59. The second kappa shape index (κ2) is 4.50. The molecule has 94 valence electrons. The monoisotopic (exact) mass is 267 g/mol. The van der Waals surface area contributed by atoms with Crippen molar-refractivity contribution < 1.29 is 18.0 Å². The number of aromatic nitrogens is 1. The van der Waals surface area contributed by atoms with E-state index in [9.17, 15) is 18.0 Å². The Bertz CT molecular complexity index is 434. The lowest BCUT2D eigenvalue weighted by molar-refractivity contribution is -0.184. The van der Waals surface area contributed by atoms with E-state index in [2.05, 4.69) is 4.98 Å². The van der Waals surface area contributed by atoms with Gasteiger partial charge in [0.1, 0.15) is 5.15 Å². The molecule has 0 radical (unpaired) electrons. The van der Waals surface area contributed by atoms with E-state index < -0.39 is 17.6 Å². The highest BCUT2D eigenvalue weighted by molar-refractivity contribution is 6.29. The molecule has 1 atom stereocenters. The third-order valence-corrected chi connectivity index (χ3v) is 2.25. The first-order valence-electron chi connectivity index (χ1n) is 4.43. The van der Waals surface area contributed by atoms with Gasteiger partial charge in [0, 0.05) is 11.9 Å². The van der Waals surface area contributed by atoms with E-state index in [-0.39, 0.29) is 10.8 Å². The fourth-order valence-corrected chi connectivity index (χ4v) is 1.04. The van der Waals surface area contributed by atoms with Gasteiger partial charge in [-0.25, -0.2) is 4.98 Å². The molecule has 0 saturated heterocycles. The summed E-state index contributed by atoms with van der Waals surface area (Å²) in [5.41, 5.74) is 2.06. The molecule has 0 spiro atoms. The van der Waals surface area contributed by atoms with Crippen molar-refractivity contribution in [2.75, 3.05) is 5.32 Å². The lowest BCUT2D eigenvalue weighted by atomic mass is 10.0. The molecule has 1 amide bonds. The van der Waals surface area contributed by atoms with E-state index in [1.54, 1.807) is 0 Å². The van der Waals surface area contributed by atoms with Gasteiger partial charge in [-0.2, -0.15) is 13.2 Å². The number of nitrogens with one attached hydrogen (secondary N) is 1. The first kappa shape index (κ1) is 13.7. The summed E-state index contributed by atoms with van der Waals surface area (Å²) in [4.78, 5) is 15.0. The van der Waals surface area contributed by atoms with E-state index in [1.807, 2.05) is 5.32 Å². The standard InChI is InChI=1S/C9H9ClF3N3O/c1-8(14,9(11,12)13)7(17)16-5-2-3-15-6(10)4-5/h2-4H,14H2,1H3,(H,15,16,17). The molecular weight excluding hydrogens is 259 g/mol. The molecule has 0 fully saturated rings. The van der Waals surface area contributed by atoms with Crippen LogP contribution in [0.25, 0.3) is 0 Å². The van der Waals surface area contributed by atoms with Gasteiger partial charge < -0.3 is 11.1 Å². The summed E-state index contributed by atoms with van der Waals surface area (Å²) in [5.74, 6) is -1.37. The Morgan fingerprint density at radius 1 is 1.53 bits per heavy atom. The number of hydrogen-bond acceptors (Lipinski definition) is 3. The summed E-state index contributed by atoms with van der Waals surface area (Å²) in [5, 5.41) is 2.07. The van der Waals surface area contributed by atoms with Crippen LogP contribution < -0.4 is 11.1 Å². The zero-order chi connectivity index (χ0) is 13.3. The topological polar surface area (TPSA) is 68.0 Å². The highest BCUT2D eigenvalue weighted by Gasteiger charge is 2.53. The maximum atomic E-state index is 12.4. The number of nitrogens with two attached hydrogens (primary N) is 1. The fourth-order valence-electron chi connectivity index (χ4n) is 0.870. The normalized spacial score (nSPS) is 15.2. The van der Waals surface area contributed by atoms with Crippen molar-refractivity contribution in [1.82, 2.24) is 4.98 Å². The van der Waals surface area contributed by atoms with Crippen LogP contribution in [-0.2, 0) is 4.79 Å². The zero-order valence-corrected chi connectivity index (χ0v) is 9.43. The first-order valence-corrected chi connectivity index (χ1v) is 4.81. The van der Waals surface area contributed by atoms with E-state index in [0.29, 0.717) is 6.92 Å². The number of anilines is 1. The molecule has 3 N–H and O–H groups in total. The van der Waals surface area contributed by atoms with Crippen LogP contribution in [0.15, 0.2) is 18.3 Å². The molecule has 1 aromatic heterocycles. The van der Waals surface area contributed by atoms with Crippen molar-refractivity contribution in [3.05, 3.63) is 23.5 Å². The summed E-state index contributed by atoms with van der Waals surface area (Å²) >= 11 is 5.52. The predicted molar refractivity (Wildman–Crippen MR) is 56.5 cm³/mol. The van der Waals surface area contributed by atoms with Gasteiger partial charge >= 0.3 is 6.18 Å². The molecule has 0 aliphatic rings. The largest absolute Gasteiger partial charge is 0.415 e. The lowest BCUT2D eigenvalue weighted by Gasteiger charge is -2.26. The minimum absolute atomic E-state index is 0.0496. The van der Waals surface area contributed by atoms with Crippen LogP contribution in [0.5, 0.6) is 0 Å². The molecule has 0 aliphatic carbocycles. The van der Waals surface area contributed by atoms with Crippen molar-refractivity contribution in [1.29, 1.82) is 0 Å². The van der Waals surface area contributed by atoms with E-state index in [4.69, 9.17) is 17.3 Å². The van der Waals surface area contributed by atoms with Crippen molar-refractivity contribution in [2.24, 2.45) is 5.73 Å². The quantitative estimate of drug-likeness (QED) is 0.805. The van der Waals surface area contributed by atoms with Crippen molar-refractivity contribution >= 4 is 23.2 Å². The van der Waals surface area contributed by atoms with Gasteiger partial charge in [0.05, 0.1) is 0 Å². The summed E-state index contributed by atoms with van der Waals surface area (Å²) in [7, 11) is 0. The second-order valence-electron chi connectivity index (χ2n) is 3.52. The number of carbonyl (C=O) groups is 1. The van der Waals surface area contributed by atoms with E-state index >= 15 is 0 Å². The number of hydrogen-bond donors (Lipinski definition) is 2. The molecule has 4 nitrogen and oxygen atoms in total. The molecule has 0 aromatic carbocycles. The fraction of sp³-hybridized carbons (Fsp3) is 0.333. The number of halogens is 4. The van der Waals surface area contributed by atoms with Crippen molar-refractivity contribution in [3.8, 4) is 0 Å². The van der Waals surface area contributed by atoms with Gasteiger partial charge in [0.15, 0.2) is 5.54 Å². The minimum Gasteiger partial charge on any atom is -0.324 e. The Hall–Kier alpha value is -1.34. The number of carbonyl (C=O) groups excluding carboxylic acids is 1. The minimum atomic E-state index is -4.84. The van der Waals surface area contributed by atoms with Crippen LogP contribution in [0.4, 0.5) is 18.9 Å². The Kier molecular flexibility index (Phi) is 3.63. The molecule has 1 heterocycles. The highest BCUT2D eigenvalue weighted by atomic mass is 35.5. The summed E-state index contributed by atoms with van der Waals surface area (Å²) < 4.78 is 37.3. The third kappa shape index (κ3) is 3.07. The smallest absolute Gasteiger partial charge is 0.324 e. The van der Waals surface area contributed by atoms with Gasteiger partial charge in [-0.3, -0.25) is 4.79 Å². The second-order valence-corrected chi connectivity index (χ2v) is 3.91. The molecule has 1 aromatic rings. The van der Waals surface area contributed by atoms with Crippen LogP contribution in [0.1, 0.15) is 6.92 Å². The summed E-state index contributed by atoms with van der Waals surface area (Å²) in [6.45, 7) is 0.588. The van der Waals surface area contributed by atoms with Gasteiger partial charge in [0.25, 0.3) is 5.91 Å². The number of alkyl halides is 3. The maximum absolute atomic E-state index is 12.4. The van der Waals surface area contributed by atoms with Crippen molar-refractivity contribution in [3.63, 3.8) is 0 Å². The van der Waals surface area contributed by atoms with Gasteiger partial charge in [-0.05, 0) is 19.1 Å². The van der Waals surface area contributed by atoms with E-state index in [0.717, 1.165) is 0 Å².